The Balaban J connectivity index is 1.68. The van der Waals surface area contributed by atoms with Gasteiger partial charge in [0.05, 0.1) is 12.5 Å². The van der Waals surface area contributed by atoms with Crippen molar-refractivity contribution < 1.29 is 19.5 Å². The van der Waals surface area contributed by atoms with Crippen molar-refractivity contribution >= 4 is 17.8 Å². The molecule has 6 nitrogen and oxygen atoms in total. The number of nitrogens with one attached hydrogen (secondary N) is 2. The molecule has 0 radical (unpaired) electrons. The van der Waals surface area contributed by atoms with Crippen LogP contribution in [-0.4, -0.2) is 35.5 Å². The summed E-state index contributed by atoms with van der Waals surface area (Å²) in [6.07, 6.45) is 2.99. The van der Waals surface area contributed by atoms with Gasteiger partial charge in [0.15, 0.2) is 0 Å². The molecule has 1 aliphatic rings. The first-order valence-electron chi connectivity index (χ1n) is 8.30. The third-order valence-corrected chi connectivity index (χ3v) is 4.39. The highest BCUT2D eigenvalue weighted by molar-refractivity contribution is 5.85. The molecule has 2 rings (SSSR count). The average molecular weight is 332 g/mol. The van der Waals surface area contributed by atoms with Crippen LogP contribution in [0.4, 0.5) is 0 Å². The average Bonchev–Trinajstić information content (AvgIpc) is 3.00. The van der Waals surface area contributed by atoms with Crippen LogP contribution in [0.3, 0.4) is 0 Å². The van der Waals surface area contributed by atoms with Gasteiger partial charge in [0, 0.05) is 12.5 Å². The molecule has 0 bridgehead atoms. The fraction of sp³-hybridized carbons (Fsp3) is 0.500. The van der Waals surface area contributed by atoms with Gasteiger partial charge in [0.1, 0.15) is 0 Å². The van der Waals surface area contributed by atoms with Crippen LogP contribution in [0.1, 0.15) is 36.8 Å². The van der Waals surface area contributed by atoms with Crippen molar-refractivity contribution in [3.8, 4) is 0 Å². The van der Waals surface area contributed by atoms with Gasteiger partial charge in [-0.1, -0.05) is 36.2 Å². The van der Waals surface area contributed by atoms with Crippen molar-refractivity contribution in [2.75, 3.05) is 6.54 Å². The topological polar surface area (TPSA) is 95.5 Å². The first kappa shape index (κ1) is 18.0. The van der Waals surface area contributed by atoms with E-state index >= 15 is 0 Å². The molecular formula is C18H24N2O4. The van der Waals surface area contributed by atoms with E-state index in [9.17, 15) is 14.4 Å². The molecule has 2 amide bonds. The molecule has 1 saturated carbocycles. The van der Waals surface area contributed by atoms with Crippen molar-refractivity contribution in [1.29, 1.82) is 0 Å². The molecule has 0 heterocycles. The van der Waals surface area contributed by atoms with Crippen LogP contribution in [0, 0.1) is 12.8 Å². The summed E-state index contributed by atoms with van der Waals surface area (Å²) >= 11 is 0. The number of hydrogen-bond donors (Lipinski definition) is 3. The number of amides is 2. The summed E-state index contributed by atoms with van der Waals surface area (Å²) in [5, 5.41) is 14.4. The Labute approximate surface area is 141 Å². The van der Waals surface area contributed by atoms with Gasteiger partial charge in [-0.25, -0.2) is 0 Å². The number of carboxylic acid groups (broad SMARTS) is 1. The van der Waals surface area contributed by atoms with E-state index in [1.54, 1.807) is 0 Å². The highest BCUT2D eigenvalue weighted by atomic mass is 16.4. The van der Waals surface area contributed by atoms with Gasteiger partial charge in [0.25, 0.3) is 0 Å². The summed E-state index contributed by atoms with van der Waals surface area (Å²) in [7, 11) is 0. The number of carbonyl (C=O) groups excluding carboxylic acids is 2. The number of rotatable bonds is 7. The molecular weight excluding hydrogens is 308 g/mol. The Bertz CT molecular complexity index is 598. The largest absolute Gasteiger partial charge is 0.481 e. The molecule has 0 saturated heterocycles. The van der Waals surface area contributed by atoms with Crippen LogP contribution in [0.25, 0.3) is 0 Å². The predicted molar refractivity (Wildman–Crippen MR) is 89.4 cm³/mol. The number of benzene rings is 1. The van der Waals surface area contributed by atoms with E-state index < -0.39 is 11.9 Å². The third kappa shape index (κ3) is 5.37. The molecule has 6 heteroatoms. The van der Waals surface area contributed by atoms with E-state index in [4.69, 9.17) is 5.11 Å². The van der Waals surface area contributed by atoms with Gasteiger partial charge in [-0.15, -0.1) is 0 Å². The Hall–Kier alpha value is -2.37. The lowest BCUT2D eigenvalue weighted by atomic mass is 10.0. The van der Waals surface area contributed by atoms with Crippen LogP contribution in [0.15, 0.2) is 24.3 Å². The van der Waals surface area contributed by atoms with Crippen LogP contribution >= 0.6 is 0 Å². The first-order valence-corrected chi connectivity index (χ1v) is 8.30. The Morgan fingerprint density at radius 2 is 1.83 bits per heavy atom. The number of carboxylic acids is 1. The highest BCUT2D eigenvalue weighted by Crippen LogP contribution is 2.25. The van der Waals surface area contributed by atoms with Gasteiger partial charge in [-0.05, 0) is 31.7 Å². The summed E-state index contributed by atoms with van der Waals surface area (Å²) in [6.45, 7) is 1.89. The van der Waals surface area contributed by atoms with Crippen molar-refractivity contribution in [2.45, 2.75) is 45.1 Å². The number of carbonyl (C=O) groups is 3. The quantitative estimate of drug-likeness (QED) is 0.703. The van der Waals surface area contributed by atoms with E-state index in [1.165, 1.54) is 5.56 Å². The van der Waals surface area contributed by atoms with E-state index in [0.717, 1.165) is 12.0 Å². The Morgan fingerprint density at radius 1 is 1.12 bits per heavy atom. The van der Waals surface area contributed by atoms with Gasteiger partial charge in [-0.2, -0.15) is 0 Å². The molecule has 3 N–H and O–H groups in total. The maximum Gasteiger partial charge on any atom is 0.308 e. The molecule has 0 aliphatic heterocycles. The maximum absolute atomic E-state index is 11.9. The summed E-state index contributed by atoms with van der Waals surface area (Å²) < 4.78 is 0. The Morgan fingerprint density at radius 3 is 2.50 bits per heavy atom. The summed E-state index contributed by atoms with van der Waals surface area (Å²) in [4.78, 5) is 34.8. The predicted octanol–water partition coefficient (Wildman–Crippen LogP) is 1.41. The molecule has 0 spiro atoms. The fourth-order valence-electron chi connectivity index (χ4n) is 2.97. The van der Waals surface area contributed by atoms with E-state index in [2.05, 4.69) is 10.6 Å². The summed E-state index contributed by atoms with van der Waals surface area (Å²) in [5.41, 5.74) is 2.25. The van der Waals surface area contributed by atoms with Crippen LogP contribution in [0.2, 0.25) is 0 Å². The monoisotopic (exact) mass is 332 g/mol. The fourth-order valence-corrected chi connectivity index (χ4v) is 2.97. The normalized spacial score (nSPS) is 19.7. The van der Waals surface area contributed by atoms with E-state index in [-0.39, 0.29) is 24.4 Å². The minimum atomic E-state index is -0.875. The summed E-state index contributed by atoms with van der Waals surface area (Å²) in [6, 6.07) is 7.64. The first-order chi connectivity index (χ1) is 11.5. The minimum Gasteiger partial charge on any atom is -0.481 e. The third-order valence-electron chi connectivity index (χ3n) is 4.39. The molecule has 1 aromatic rings. The van der Waals surface area contributed by atoms with Crippen LogP contribution in [0.5, 0.6) is 0 Å². The molecule has 1 aromatic carbocycles. The van der Waals surface area contributed by atoms with Gasteiger partial charge in [0.2, 0.25) is 11.8 Å². The van der Waals surface area contributed by atoms with Gasteiger partial charge in [-0.3, -0.25) is 14.4 Å². The smallest absolute Gasteiger partial charge is 0.308 e. The molecule has 1 aliphatic carbocycles. The molecule has 0 unspecified atom stereocenters. The van der Waals surface area contributed by atoms with Crippen molar-refractivity contribution in [3.63, 3.8) is 0 Å². The Kier molecular flexibility index (Phi) is 6.35. The van der Waals surface area contributed by atoms with Crippen LogP contribution in [-0.2, 0) is 20.8 Å². The number of aryl methyl sites for hydroxylation is 2. The van der Waals surface area contributed by atoms with Crippen LogP contribution < -0.4 is 10.6 Å². The van der Waals surface area contributed by atoms with E-state index in [0.29, 0.717) is 25.7 Å². The summed E-state index contributed by atoms with van der Waals surface area (Å²) in [5.74, 6) is -1.92. The lowest BCUT2D eigenvalue weighted by Gasteiger charge is -2.17. The second-order valence-electron chi connectivity index (χ2n) is 6.31. The van der Waals surface area contributed by atoms with Gasteiger partial charge >= 0.3 is 5.97 Å². The zero-order chi connectivity index (χ0) is 17.5. The molecule has 130 valence electrons. The second-order valence-corrected chi connectivity index (χ2v) is 6.31. The molecule has 1 fully saturated rings. The SMILES string of the molecule is Cc1ccc(CCC(=O)NCC(=O)N[C@@H]2CCC[C@@H]2C(=O)O)cc1. The molecule has 2 atom stereocenters. The zero-order valence-electron chi connectivity index (χ0n) is 13.9. The molecule has 24 heavy (non-hydrogen) atoms. The number of hydrogen-bond acceptors (Lipinski definition) is 3. The van der Waals surface area contributed by atoms with Crippen molar-refractivity contribution in [1.82, 2.24) is 10.6 Å². The highest BCUT2D eigenvalue weighted by Gasteiger charge is 2.33. The molecule has 0 aromatic heterocycles. The lowest BCUT2D eigenvalue weighted by molar-refractivity contribution is -0.142. The zero-order valence-corrected chi connectivity index (χ0v) is 13.9. The van der Waals surface area contributed by atoms with Gasteiger partial charge < -0.3 is 15.7 Å². The van der Waals surface area contributed by atoms with E-state index in [1.807, 2.05) is 31.2 Å². The van der Waals surface area contributed by atoms with Crippen molar-refractivity contribution in [2.24, 2.45) is 5.92 Å². The van der Waals surface area contributed by atoms with Crippen molar-refractivity contribution in [3.05, 3.63) is 35.4 Å². The second kappa shape index (κ2) is 8.47. The minimum absolute atomic E-state index is 0.116. The maximum atomic E-state index is 11.9. The standard InChI is InChI=1S/C18H24N2O4/c1-12-5-7-13(8-6-12)9-10-16(21)19-11-17(22)20-15-4-2-3-14(15)18(23)24/h5-8,14-15H,2-4,9-11H2,1H3,(H,19,21)(H,20,22)(H,23,24)/t14-,15+/m0/s1. The number of aliphatic carboxylic acids is 1. The lowest BCUT2D eigenvalue weighted by Crippen LogP contribution is -2.45.